The summed E-state index contributed by atoms with van der Waals surface area (Å²) in [7, 11) is 1.29. The molecule has 0 amide bonds. The minimum atomic E-state index is -0.843. The van der Waals surface area contributed by atoms with Crippen molar-refractivity contribution in [3.05, 3.63) is 29.8 Å². The zero-order valence-electron chi connectivity index (χ0n) is 13.4. The first kappa shape index (κ1) is 18.3. The normalized spacial score (nSPS) is 13.1. The molecular formula is C16H19N3O4. The summed E-state index contributed by atoms with van der Waals surface area (Å²) in [6.45, 7) is 3.04. The maximum absolute atomic E-state index is 11.7. The van der Waals surface area contributed by atoms with Crippen LogP contribution in [0.1, 0.15) is 37.0 Å². The minimum absolute atomic E-state index is 0.00784. The predicted octanol–water partition coefficient (Wildman–Crippen LogP) is 3.18. The third kappa shape index (κ3) is 5.87. The van der Waals surface area contributed by atoms with Crippen molar-refractivity contribution in [2.45, 2.75) is 32.2 Å². The van der Waals surface area contributed by atoms with Gasteiger partial charge in [-0.15, -0.1) is 0 Å². The van der Waals surface area contributed by atoms with Crippen LogP contribution < -0.4 is 0 Å². The molecule has 23 heavy (non-hydrogen) atoms. The maximum Gasteiger partial charge on any atom is 0.340 e. The van der Waals surface area contributed by atoms with Crippen molar-refractivity contribution in [1.29, 1.82) is 5.26 Å². The average molecular weight is 317 g/mol. The number of nitrogens with zero attached hydrogens (tertiary/aromatic N) is 3. The van der Waals surface area contributed by atoms with Crippen LogP contribution in [0.4, 0.5) is 5.69 Å². The summed E-state index contributed by atoms with van der Waals surface area (Å²) >= 11 is 0. The molecule has 1 unspecified atom stereocenters. The van der Waals surface area contributed by atoms with Gasteiger partial charge in [0.05, 0.1) is 24.4 Å². The lowest BCUT2D eigenvalue weighted by atomic mass is 9.98. The van der Waals surface area contributed by atoms with Crippen molar-refractivity contribution >= 4 is 17.6 Å². The Labute approximate surface area is 134 Å². The van der Waals surface area contributed by atoms with Crippen LogP contribution in [0.3, 0.4) is 0 Å². The molecule has 1 rings (SSSR count). The van der Waals surface area contributed by atoms with Gasteiger partial charge >= 0.3 is 11.9 Å². The molecule has 1 aromatic rings. The zero-order chi connectivity index (χ0) is 17.3. The van der Waals surface area contributed by atoms with Crippen LogP contribution >= 0.6 is 0 Å². The van der Waals surface area contributed by atoms with Gasteiger partial charge in [0.15, 0.2) is 0 Å². The summed E-state index contributed by atoms with van der Waals surface area (Å²) in [6, 6.07) is 8.66. The molecule has 122 valence electrons. The van der Waals surface area contributed by atoms with Gasteiger partial charge in [-0.1, -0.05) is 12.1 Å². The van der Waals surface area contributed by atoms with Gasteiger partial charge in [-0.25, -0.2) is 4.79 Å². The van der Waals surface area contributed by atoms with E-state index < -0.39 is 17.5 Å². The standard InChI is InChI=1S/C16H19N3O4/c1-12(20)23-11-16(2,9-6-10-17)19-18-14-8-5-4-7-13(14)15(21)22-3/h4-5,7-8H,6,9,11H2,1-3H3. The Kier molecular flexibility index (Phi) is 6.87. The number of rotatable bonds is 7. The zero-order valence-corrected chi connectivity index (χ0v) is 13.4. The molecule has 0 bridgehead atoms. The number of carbonyl (C=O) groups excluding carboxylic acids is 2. The Morgan fingerprint density at radius 1 is 1.35 bits per heavy atom. The molecule has 0 radical (unpaired) electrons. The molecule has 0 saturated heterocycles. The van der Waals surface area contributed by atoms with Crippen LogP contribution in [-0.2, 0) is 14.3 Å². The second kappa shape index (κ2) is 8.63. The van der Waals surface area contributed by atoms with Gasteiger partial charge in [0.1, 0.15) is 12.1 Å². The van der Waals surface area contributed by atoms with E-state index in [4.69, 9.17) is 14.7 Å². The monoisotopic (exact) mass is 317 g/mol. The third-order valence-corrected chi connectivity index (χ3v) is 3.07. The average Bonchev–Trinajstić information content (AvgIpc) is 2.56. The van der Waals surface area contributed by atoms with Gasteiger partial charge in [0.25, 0.3) is 0 Å². The molecule has 0 N–H and O–H groups in total. The van der Waals surface area contributed by atoms with Crippen LogP contribution in [0.5, 0.6) is 0 Å². The van der Waals surface area contributed by atoms with E-state index in [2.05, 4.69) is 10.2 Å². The topological polar surface area (TPSA) is 101 Å². The highest BCUT2D eigenvalue weighted by Gasteiger charge is 2.26. The van der Waals surface area contributed by atoms with Gasteiger partial charge in [-0.2, -0.15) is 15.5 Å². The lowest BCUT2D eigenvalue weighted by Gasteiger charge is -2.22. The second-order valence-electron chi connectivity index (χ2n) is 5.14. The number of benzene rings is 1. The first-order valence-electron chi connectivity index (χ1n) is 7.02. The first-order valence-corrected chi connectivity index (χ1v) is 7.02. The Balaban J connectivity index is 3.03. The fraction of sp³-hybridized carbons (Fsp3) is 0.438. The van der Waals surface area contributed by atoms with E-state index >= 15 is 0 Å². The van der Waals surface area contributed by atoms with Gasteiger partial charge in [-0.3, -0.25) is 4.79 Å². The molecule has 7 nitrogen and oxygen atoms in total. The summed E-state index contributed by atoms with van der Waals surface area (Å²) in [6.07, 6.45) is 0.621. The molecule has 0 aromatic heterocycles. The lowest BCUT2D eigenvalue weighted by Crippen LogP contribution is -2.29. The molecule has 0 heterocycles. The van der Waals surface area contributed by atoms with Gasteiger partial charge < -0.3 is 9.47 Å². The van der Waals surface area contributed by atoms with Crippen LogP contribution in [-0.4, -0.2) is 31.2 Å². The molecule has 1 aromatic carbocycles. The first-order chi connectivity index (χ1) is 10.9. The number of ether oxygens (including phenoxy) is 2. The molecule has 0 aliphatic heterocycles. The van der Waals surface area contributed by atoms with Crippen molar-refractivity contribution in [2.24, 2.45) is 10.2 Å². The van der Waals surface area contributed by atoms with Crippen LogP contribution in [0.25, 0.3) is 0 Å². The highest BCUT2D eigenvalue weighted by molar-refractivity contribution is 5.94. The van der Waals surface area contributed by atoms with E-state index in [0.29, 0.717) is 12.1 Å². The van der Waals surface area contributed by atoms with Crippen LogP contribution in [0.2, 0.25) is 0 Å². The van der Waals surface area contributed by atoms with Gasteiger partial charge in [0, 0.05) is 13.3 Å². The fourth-order valence-electron chi connectivity index (χ4n) is 1.75. The van der Waals surface area contributed by atoms with Crippen molar-refractivity contribution in [1.82, 2.24) is 0 Å². The quantitative estimate of drug-likeness (QED) is 0.567. The van der Waals surface area contributed by atoms with E-state index in [1.54, 1.807) is 31.2 Å². The Morgan fingerprint density at radius 3 is 2.65 bits per heavy atom. The summed E-state index contributed by atoms with van der Waals surface area (Å²) < 4.78 is 9.70. The molecule has 7 heteroatoms. The molecular weight excluding hydrogens is 298 g/mol. The summed E-state index contributed by atoms with van der Waals surface area (Å²) in [4.78, 5) is 22.7. The van der Waals surface area contributed by atoms with E-state index in [1.807, 2.05) is 6.07 Å². The van der Waals surface area contributed by atoms with E-state index in [-0.39, 0.29) is 18.6 Å². The maximum atomic E-state index is 11.7. The Morgan fingerprint density at radius 2 is 2.04 bits per heavy atom. The summed E-state index contributed by atoms with van der Waals surface area (Å²) in [5.41, 5.74) is -0.204. The molecule has 0 saturated carbocycles. The van der Waals surface area contributed by atoms with E-state index in [0.717, 1.165) is 0 Å². The minimum Gasteiger partial charge on any atom is -0.465 e. The number of hydrogen-bond acceptors (Lipinski definition) is 7. The van der Waals surface area contributed by atoms with Crippen molar-refractivity contribution in [3.63, 3.8) is 0 Å². The lowest BCUT2D eigenvalue weighted by molar-refractivity contribution is -0.142. The fourth-order valence-corrected chi connectivity index (χ4v) is 1.75. The van der Waals surface area contributed by atoms with Crippen LogP contribution in [0.15, 0.2) is 34.5 Å². The van der Waals surface area contributed by atoms with E-state index in [1.165, 1.54) is 14.0 Å². The molecule has 1 atom stereocenters. The molecule has 0 spiro atoms. The number of nitriles is 1. The highest BCUT2D eigenvalue weighted by atomic mass is 16.5. The number of azo groups is 1. The summed E-state index contributed by atoms with van der Waals surface area (Å²) in [5, 5.41) is 17.1. The van der Waals surface area contributed by atoms with Crippen molar-refractivity contribution < 1.29 is 19.1 Å². The molecule has 0 aliphatic rings. The van der Waals surface area contributed by atoms with Gasteiger partial charge in [0.2, 0.25) is 0 Å². The van der Waals surface area contributed by atoms with E-state index in [9.17, 15) is 9.59 Å². The SMILES string of the molecule is COC(=O)c1ccccc1N=NC(C)(CCC#N)COC(C)=O. The van der Waals surface area contributed by atoms with Crippen molar-refractivity contribution in [2.75, 3.05) is 13.7 Å². The highest BCUT2D eigenvalue weighted by Crippen LogP contribution is 2.25. The second-order valence-corrected chi connectivity index (χ2v) is 5.14. The molecule has 0 aliphatic carbocycles. The number of carbonyl (C=O) groups is 2. The van der Waals surface area contributed by atoms with Gasteiger partial charge in [-0.05, 0) is 25.5 Å². The third-order valence-electron chi connectivity index (χ3n) is 3.07. The predicted molar refractivity (Wildman–Crippen MR) is 82.2 cm³/mol. The Bertz CT molecular complexity index is 636. The summed E-state index contributed by atoms with van der Waals surface area (Å²) in [5.74, 6) is -0.948. The smallest absolute Gasteiger partial charge is 0.340 e. The van der Waals surface area contributed by atoms with Crippen molar-refractivity contribution in [3.8, 4) is 6.07 Å². The van der Waals surface area contributed by atoms with Crippen LogP contribution in [0, 0.1) is 11.3 Å². The number of esters is 2. The largest absolute Gasteiger partial charge is 0.465 e. The molecule has 0 fully saturated rings. The Hall–Kier alpha value is -2.75. The number of hydrogen-bond donors (Lipinski definition) is 0. The number of methoxy groups -OCH3 is 1.